The maximum atomic E-state index is 8.93. The Balaban J connectivity index is 1.23. The van der Waals surface area contributed by atoms with Crippen molar-refractivity contribution in [2.75, 3.05) is 5.32 Å². The lowest BCUT2D eigenvalue weighted by Crippen LogP contribution is -2.22. The molecule has 9 rings (SSSR count). The lowest BCUT2D eigenvalue weighted by atomic mass is 9.75. The minimum atomic E-state index is -0.249. The Morgan fingerprint density at radius 1 is 0.479 bits per heavy atom. The highest BCUT2D eigenvalue weighted by molar-refractivity contribution is 6.08. The van der Waals surface area contributed by atoms with Gasteiger partial charge < -0.3 is 10.7 Å². The summed E-state index contributed by atoms with van der Waals surface area (Å²) < 4.78 is 0. The predicted octanol–water partition coefficient (Wildman–Crippen LogP) is 12.0. The van der Waals surface area contributed by atoms with Gasteiger partial charge in [0.05, 0.1) is 5.69 Å². The van der Waals surface area contributed by atoms with Crippen LogP contribution in [0.15, 0.2) is 115 Å². The van der Waals surface area contributed by atoms with Crippen LogP contribution in [0.25, 0.3) is 44.5 Å². The van der Waals surface area contributed by atoms with Crippen LogP contribution in [0.2, 0.25) is 0 Å². The maximum absolute atomic E-state index is 8.93. The largest absolute Gasteiger partial charge is 0.355 e. The summed E-state index contributed by atoms with van der Waals surface area (Å²) in [6.07, 6.45) is 1.60. The van der Waals surface area contributed by atoms with Crippen LogP contribution in [-0.2, 0) is 16.2 Å². The van der Waals surface area contributed by atoms with E-state index in [0.29, 0.717) is 0 Å². The smallest absolute Gasteiger partial charge is 0.0524 e. The van der Waals surface area contributed by atoms with E-state index >= 15 is 0 Å². The molecule has 0 fully saturated rings. The summed E-state index contributed by atoms with van der Waals surface area (Å²) in [5, 5.41) is 12.9. The molecule has 0 amide bonds. The molecular formula is C46H40N2. The van der Waals surface area contributed by atoms with E-state index in [1.54, 1.807) is 6.21 Å². The van der Waals surface area contributed by atoms with Crippen molar-refractivity contribution >= 4 is 17.6 Å². The van der Waals surface area contributed by atoms with Gasteiger partial charge in [-0.2, -0.15) is 0 Å². The van der Waals surface area contributed by atoms with Gasteiger partial charge >= 0.3 is 0 Å². The summed E-state index contributed by atoms with van der Waals surface area (Å²) in [4.78, 5) is 0. The van der Waals surface area contributed by atoms with Crippen LogP contribution >= 0.6 is 0 Å². The average molecular weight is 621 g/mol. The zero-order valence-corrected chi connectivity index (χ0v) is 28.5. The fraction of sp³-hybridized carbons (Fsp3) is 0.196. The number of fused-ring (bicyclic) bond motifs is 10. The summed E-state index contributed by atoms with van der Waals surface area (Å²) in [5.74, 6) is 0. The third kappa shape index (κ3) is 3.66. The number of rotatable bonds is 4. The SMILES string of the molecule is CC1(C)c2ccccc2-c2ccc(-c3cccc(Nc4c(C=N)c5c(c6c4C(C)(C)c4ccccc4-6)-c4ccccc4C5(C)C)c3)cc21. The van der Waals surface area contributed by atoms with Crippen molar-refractivity contribution in [3.05, 3.63) is 154 Å². The van der Waals surface area contributed by atoms with Gasteiger partial charge in [0.25, 0.3) is 0 Å². The van der Waals surface area contributed by atoms with Gasteiger partial charge in [-0.3, -0.25) is 0 Å². The second kappa shape index (κ2) is 9.67. The van der Waals surface area contributed by atoms with Crippen molar-refractivity contribution in [2.45, 2.75) is 57.8 Å². The van der Waals surface area contributed by atoms with Crippen LogP contribution in [0, 0.1) is 5.41 Å². The van der Waals surface area contributed by atoms with Gasteiger partial charge in [0, 0.05) is 33.7 Å². The molecule has 0 saturated heterocycles. The Morgan fingerprint density at radius 2 is 1.00 bits per heavy atom. The molecule has 0 aromatic heterocycles. The molecule has 3 aliphatic carbocycles. The zero-order chi connectivity index (χ0) is 33.2. The molecule has 2 heteroatoms. The van der Waals surface area contributed by atoms with Crippen molar-refractivity contribution in [2.24, 2.45) is 0 Å². The first-order chi connectivity index (χ1) is 23.0. The predicted molar refractivity (Wildman–Crippen MR) is 202 cm³/mol. The highest BCUT2D eigenvalue weighted by Crippen LogP contribution is 2.62. The first-order valence-electron chi connectivity index (χ1n) is 17.1. The monoisotopic (exact) mass is 620 g/mol. The van der Waals surface area contributed by atoms with Crippen LogP contribution in [-0.4, -0.2) is 6.21 Å². The Labute approximate surface area is 284 Å². The molecule has 0 heterocycles. The number of hydrogen-bond acceptors (Lipinski definition) is 2. The Hall–Kier alpha value is -5.21. The molecule has 0 bridgehead atoms. The molecule has 2 nitrogen and oxygen atoms in total. The van der Waals surface area contributed by atoms with Gasteiger partial charge in [0.1, 0.15) is 0 Å². The van der Waals surface area contributed by atoms with Crippen LogP contribution in [0.3, 0.4) is 0 Å². The van der Waals surface area contributed by atoms with Crippen LogP contribution in [0.1, 0.15) is 80.5 Å². The first kappa shape index (κ1) is 29.0. The van der Waals surface area contributed by atoms with Gasteiger partial charge in [-0.15, -0.1) is 0 Å². The Morgan fingerprint density at radius 3 is 1.65 bits per heavy atom. The topological polar surface area (TPSA) is 35.9 Å². The average Bonchev–Trinajstić information content (AvgIpc) is 3.58. The normalized spacial score (nSPS) is 16.3. The lowest BCUT2D eigenvalue weighted by Gasteiger charge is -2.30. The Kier molecular flexibility index (Phi) is 5.84. The third-order valence-electron chi connectivity index (χ3n) is 11.7. The summed E-state index contributed by atoms with van der Waals surface area (Å²) in [5.41, 5.74) is 20.7. The minimum absolute atomic E-state index is 0.0490. The van der Waals surface area contributed by atoms with Crippen LogP contribution < -0.4 is 5.32 Å². The second-order valence-corrected chi connectivity index (χ2v) is 15.4. The molecule has 0 unspecified atom stereocenters. The first-order valence-corrected chi connectivity index (χ1v) is 17.1. The molecule has 0 radical (unpaired) electrons. The van der Waals surface area contributed by atoms with Gasteiger partial charge in [-0.1, -0.05) is 139 Å². The van der Waals surface area contributed by atoms with E-state index in [9.17, 15) is 0 Å². The molecule has 0 aliphatic heterocycles. The molecule has 6 aromatic carbocycles. The molecule has 234 valence electrons. The highest BCUT2D eigenvalue weighted by Gasteiger charge is 2.47. The van der Waals surface area contributed by atoms with Gasteiger partial charge in [0.15, 0.2) is 0 Å². The number of hydrogen-bond donors (Lipinski definition) is 2. The number of benzene rings is 6. The van der Waals surface area contributed by atoms with E-state index in [1.165, 1.54) is 77.9 Å². The minimum Gasteiger partial charge on any atom is -0.355 e. The summed E-state index contributed by atoms with van der Waals surface area (Å²) in [6.45, 7) is 14.0. The maximum Gasteiger partial charge on any atom is 0.0524 e. The van der Waals surface area contributed by atoms with Gasteiger partial charge in [-0.05, 0) is 96.1 Å². The summed E-state index contributed by atoms with van der Waals surface area (Å²) >= 11 is 0. The van der Waals surface area contributed by atoms with Gasteiger partial charge in [-0.25, -0.2) is 0 Å². The van der Waals surface area contributed by atoms with Crippen LogP contribution in [0.5, 0.6) is 0 Å². The van der Waals surface area contributed by atoms with Crippen molar-refractivity contribution in [3.63, 3.8) is 0 Å². The van der Waals surface area contributed by atoms with E-state index in [2.05, 4.69) is 162 Å². The van der Waals surface area contributed by atoms with E-state index in [-0.39, 0.29) is 16.2 Å². The summed E-state index contributed by atoms with van der Waals surface area (Å²) in [6, 6.07) is 42.4. The Bertz CT molecular complexity index is 2370. The zero-order valence-electron chi connectivity index (χ0n) is 28.5. The fourth-order valence-corrected chi connectivity index (χ4v) is 9.42. The van der Waals surface area contributed by atoms with E-state index in [0.717, 1.165) is 16.9 Å². The van der Waals surface area contributed by atoms with E-state index in [1.807, 2.05) is 0 Å². The number of nitrogens with one attached hydrogen (secondary N) is 2. The van der Waals surface area contributed by atoms with E-state index < -0.39 is 0 Å². The standard InChI is InChI=1S/C46H40N2/c1-44(2)35-19-10-7-16-30(35)31-23-22-28(25-38(31)44)27-14-13-15-29(24-27)48-43-34(26-47)41-39(32-17-8-11-20-36(32)45(41,3)4)40-33-18-9-12-21-37(33)46(5,6)42(40)43/h7-26,47-48H,1-6H3. The summed E-state index contributed by atoms with van der Waals surface area (Å²) in [7, 11) is 0. The van der Waals surface area contributed by atoms with Gasteiger partial charge in [0.2, 0.25) is 0 Å². The molecule has 48 heavy (non-hydrogen) atoms. The lowest BCUT2D eigenvalue weighted by molar-refractivity contribution is 0.651. The molecular weight excluding hydrogens is 581 g/mol. The fourth-order valence-electron chi connectivity index (χ4n) is 9.42. The quantitative estimate of drug-likeness (QED) is 0.189. The molecule has 2 N–H and O–H groups in total. The van der Waals surface area contributed by atoms with Crippen molar-refractivity contribution in [1.29, 1.82) is 5.41 Å². The molecule has 3 aliphatic rings. The second-order valence-electron chi connectivity index (χ2n) is 15.4. The highest BCUT2D eigenvalue weighted by atomic mass is 14.9. The van der Waals surface area contributed by atoms with Crippen molar-refractivity contribution in [1.82, 2.24) is 0 Å². The molecule has 6 aromatic rings. The number of anilines is 2. The van der Waals surface area contributed by atoms with Crippen molar-refractivity contribution in [3.8, 4) is 44.5 Å². The third-order valence-corrected chi connectivity index (χ3v) is 11.7. The molecule has 0 atom stereocenters. The van der Waals surface area contributed by atoms with Crippen LogP contribution in [0.4, 0.5) is 11.4 Å². The molecule has 0 saturated carbocycles. The molecule has 0 spiro atoms. The van der Waals surface area contributed by atoms with E-state index in [4.69, 9.17) is 5.41 Å². The van der Waals surface area contributed by atoms with Crippen molar-refractivity contribution < 1.29 is 0 Å².